The number of aromatic nitrogens is 2. The Morgan fingerprint density at radius 1 is 1.32 bits per heavy atom. The summed E-state index contributed by atoms with van der Waals surface area (Å²) in [6, 6.07) is 4.43. The summed E-state index contributed by atoms with van der Waals surface area (Å²) in [5, 5.41) is 0. The molecule has 2 heterocycles. The number of pyridine rings is 2. The van der Waals surface area contributed by atoms with E-state index in [1.54, 1.807) is 13.0 Å². The van der Waals surface area contributed by atoms with Crippen LogP contribution in [-0.4, -0.2) is 18.4 Å². The lowest BCUT2D eigenvalue weighted by Crippen LogP contribution is -2.15. The van der Waals surface area contributed by atoms with Gasteiger partial charge in [0.1, 0.15) is 11.6 Å². The second-order valence-corrected chi connectivity index (χ2v) is 6.44. The Labute approximate surface area is 119 Å². The van der Waals surface area contributed by atoms with E-state index in [0.29, 0.717) is 5.56 Å². The van der Waals surface area contributed by atoms with Crippen LogP contribution in [0, 0.1) is 6.92 Å². The fourth-order valence-corrected chi connectivity index (χ4v) is 2.98. The molecule has 0 fully saturated rings. The highest BCUT2D eigenvalue weighted by Crippen LogP contribution is 2.20. The number of nitrogens with zero attached hydrogens (tertiary/aromatic N) is 2. The maximum Gasteiger partial charge on any atom is 0.263 e. The Morgan fingerprint density at radius 2 is 2.05 bits per heavy atom. The molecule has 2 aromatic rings. The Kier molecular flexibility index (Phi) is 3.72. The number of nitrogen functional groups attached to an aromatic ring is 1. The molecule has 2 rings (SSSR count). The Balaban J connectivity index is 2.36. The van der Waals surface area contributed by atoms with Gasteiger partial charge in [0.25, 0.3) is 10.0 Å². The standard InChI is InChI=1S/C11H11BrN4O2S/c1-7-4-8(12)6-15-11(7)16-19(17,18)9-2-3-14-10(13)5-9/h2-6H,1H3,(H2,13,14)(H,15,16). The normalized spacial score (nSPS) is 11.3. The summed E-state index contributed by atoms with van der Waals surface area (Å²) in [4.78, 5) is 7.83. The van der Waals surface area contributed by atoms with Gasteiger partial charge in [0, 0.05) is 22.9 Å². The lowest BCUT2D eigenvalue weighted by Gasteiger charge is -2.09. The highest BCUT2D eigenvalue weighted by Gasteiger charge is 2.16. The van der Waals surface area contributed by atoms with Gasteiger partial charge in [0.2, 0.25) is 0 Å². The molecule has 2 aromatic heterocycles. The number of hydrogen-bond acceptors (Lipinski definition) is 5. The van der Waals surface area contributed by atoms with E-state index >= 15 is 0 Å². The number of hydrogen-bond donors (Lipinski definition) is 2. The van der Waals surface area contributed by atoms with Crippen LogP contribution in [0.2, 0.25) is 0 Å². The number of halogens is 1. The van der Waals surface area contributed by atoms with E-state index in [1.807, 2.05) is 0 Å². The minimum absolute atomic E-state index is 0.0455. The first-order valence-electron chi connectivity index (χ1n) is 5.25. The summed E-state index contributed by atoms with van der Waals surface area (Å²) in [7, 11) is -3.72. The fourth-order valence-electron chi connectivity index (χ4n) is 1.43. The van der Waals surface area contributed by atoms with Crippen LogP contribution < -0.4 is 10.5 Å². The quantitative estimate of drug-likeness (QED) is 0.887. The molecular formula is C11H11BrN4O2S. The van der Waals surface area contributed by atoms with Crippen molar-refractivity contribution in [3.63, 3.8) is 0 Å². The molecule has 8 heteroatoms. The summed E-state index contributed by atoms with van der Waals surface area (Å²) >= 11 is 3.27. The molecule has 0 atom stereocenters. The highest BCUT2D eigenvalue weighted by atomic mass is 79.9. The average Bonchev–Trinajstić information content (AvgIpc) is 2.33. The molecule has 0 aliphatic rings. The van der Waals surface area contributed by atoms with Crippen LogP contribution in [-0.2, 0) is 10.0 Å². The van der Waals surface area contributed by atoms with Gasteiger partial charge in [-0.05, 0) is 40.5 Å². The predicted octanol–water partition coefficient (Wildman–Crippen LogP) is 1.93. The van der Waals surface area contributed by atoms with Crippen molar-refractivity contribution < 1.29 is 8.42 Å². The zero-order valence-electron chi connectivity index (χ0n) is 9.96. The molecule has 0 saturated carbocycles. The zero-order chi connectivity index (χ0) is 14.0. The van der Waals surface area contributed by atoms with Gasteiger partial charge >= 0.3 is 0 Å². The maximum absolute atomic E-state index is 12.1. The summed E-state index contributed by atoms with van der Waals surface area (Å²) < 4.78 is 27.5. The molecule has 0 amide bonds. The molecule has 0 radical (unpaired) electrons. The number of anilines is 2. The van der Waals surface area contributed by atoms with Crippen molar-refractivity contribution in [1.82, 2.24) is 9.97 Å². The van der Waals surface area contributed by atoms with E-state index in [9.17, 15) is 8.42 Å². The van der Waals surface area contributed by atoms with Gasteiger partial charge in [-0.3, -0.25) is 4.72 Å². The third kappa shape index (κ3) is 3.21. The molecule has 0 spiro atoms. The summed E-state index contributed by atoms with van der Waals surface area (Å²) in [5.41, 5.74) is 6.18. The lowest BCUT2D eigenvalue weighted by molar-refractivity contribution is 0.601. The van der Waals surface area contributed by atoms with Crippen LogP contribution in [0.25, 0.3) is 0 Å². The maximum atomic E-state index is 12.1. The molecule has 3 N–H and O–H groups in total. The van der Waals surface area contributed by atoms with Crippen molar-refractivity contribution in [3.8, 4) is 0 Å². The highest BCUT2D eigenvalue weighted by molar-refractivity contribution is 9.10. The van der Waals surface area contributed by atoms with E-state index < -0.39 is 10.0 Å². The van der Waals surface area contributed by atoms with Gasteiger partial charge in [0.15, 0.2) is 0 Å². The fraction of sp³-hybridized carbons (Fsp3) is 0.0909. The molecule has 19 heavy (non-hydrogen) atoms. The molecular weight excluding hydrogens is 332 g/mol. The number of aryl methyl sites for hydroxylation is 1. The van der Waals surface area contributed by atoms with Gasteiger partial charge in [-0.1, -0.05) is 0 Å². The van der Waals surface area contributed by atoms with Gasteiger partial charge in [-0.2, -0.15) is 0 Å². The first-order valence-corrected chi connectivity index (χ1v) is 7.52. The molecule has 0 aliphatic heterocycles. The number of nitrogens with one attached hydrogen (secondary N) is 1. The van der Waals surface area contributed by atoms with E-state index in [0.717, 1.165) is 4.47 Å². The van der Waals surface area contributed by atoms with Crippen LogP contribution in [0.5, 0.6) is 0 Å². The summed E-state index contributed by atoms with van der Waals surface area (Å²) in [5.74, 6) is 0.418. The lowest BCUT2D eigenvalue weighted by atomic mass is 10.3. The van der Waals surface area contributed by atoms with Crippen molar-refractivity contribution in [2.45, 2.75) is 11.8 Å². The van der Waals surface area contributed by atoms with Crippen LogP contribution in [0.15, 0.2) is 40.0 Å². The van der Waals surface area contributed by atoms with Crippen LogP contribution in [0.1, 0.15) is 5.56 Å². The average molecular weight is 343 g/mol. The van der Waals surface area contributed by atoms with Crippen LogP contribution >= 0.6 is 15.9 Å². The van der Waals surface area contributed by atoms with Crippen molar-refractivity contribution in [2.75, 3.05) is 10.5 Å². The molecule has 0 unspecified atom stereocenters. The monoisotopic (exact) mass is 342 g/mol. The third-order valence-corrected chi connectivity index (χ3v) is 4.11. The van der Waals surface area contributed by atoms with E-state index in [2.05, 4.69) is 30.6 Å². The first-order chi connectivity index (χ1) is 8.88. The SMILES string of the molecule is Cc1cc(Br)cnc1NS(=O)(=O)c1ccnc(N)c1. The Hall–Kier alpha value is -1.67. The van der Waals surface area contributed by atoms with Crippen molar-refractivity contribution in [1.29, 1.82) is 0 Å². The van der Waals surface area contributed by atoms with Crippen molar-refractivity contribution >= 4 is 37.6 Å². The van der Waals surface area contributed by atoms with E-state index in [1.165, 1.54) is 24.5 Å². The minimum Gasteiger partial charge on any atom is -0.384 e. The molecule has 0 bridgehead atoms. The van der Waals surface area contributed by atoms with Crippen LogP contribution in [0.4, 0.5) is 11.6 Å². The number of rotatable bonds is 3. The predicted molar refractivity (Wildman–Crippen MR) is 76.1 cm³/mol. The van der Waals surface area contributed by atoms with E-state index in [4.69, 9.17) is 5.73 Å². The third-order valence-electron chi connectivity index (χ3n) is 2.34. The van der Waals surface area contributed by atoms with Crippen molar-refractivity contribution in [2.24, 2.45) is 0 Å². The van der Waals surface area contributed by atoms with Crippen molar-refractivity contribution in [3.05, 3.63) is 40.6 Å². The first kappa shape index (κ1) is 13.8. The van der Waals surface area contributed by atoms with Gasteiger partial charge in [0.05, 0.1) is 4.90 Å². The van der Waals surface area contributed by atoms with Crippen LogP contribution in [0.3, 0.4) is 0 Å². The van der Waals surface area contributed by atoms with E-state index in [-0.39, 0.29) is 16.5 Å². The molecule has 0 aromatic carbocycles. The molecule has 6 nitrogen and oxygen atoms in total. The van der Waals surface area contributed by atoms with Gasteiger partial charge < -0.3 is 5.73 Å². The largest absolute Gasteiger partial charge is 0.384 e. The minimum atomic E-state index is -3.72. The Morgan fingerprint density at radius 3 is 2.68 bits per heavy atom. The summed E-state index contributed by atoms with van der Waals surface area (Å²) in [6.07, 6.45) is 2.86. The zero-order valence-corrected chi connectivity index (χ0v) is 12.4. The van der Waals surface area contributed by atoms with Gasteiger partial charge in [-0.15, -0.1) is 0 Å². The summed E-state index contributed by atoms with van der Waals surface area (Å²) in [6.45, 7) is 1.76. The Bertz CT molecular complexity index is 718. The molecule has 100 valence electrons. The molecule has 0 aliphatic carbocycles. The number of sulfonamides is 1. The molecule has 0 saturated heterocycles. The smallest absolute Gasteiger partial charge is 0.263 e. The second kappa shape index (κ2) is 5.14. The number of nitrogens with two attached hydrogens (primary N) is 1. The topological polar surface area (TPSA) is 98.0 Å². The second-order valence-electron chi connectivity index (χ2n) is 3.84. The van der Waals surface area contributed by atoms with Gasteiger partial charge in [-0.25, -0.2) is 18.4 Å².